The number of amides is 2. The summed E-state index contributed by atoms with van der Waals surface area (Å²) in [6.45, 7) is 0.0832. The number of carbonyl (C=O) groups is 2. The van der Waals surface area contributed by atoms with Gasteiger partial charge in [0.05, 0.1) is 0 Å². The average molecular weight is 342 g/mol. The van der Waals surface area contributed by atoms with Crippen LogP contribution < -0.4 is 10.6 Å². The Balaban J connectivity index is 1.90. The maximum atomic E-state index is 12.4. The van der Waals surface area contributed by atoms with Gasteiger partial charge < -0.3 is 10.6 Å². The minimum absolute atomic E-state index is 0.0535. The van der Waals surface area contributed by atoms with Crippen LogP contribution in [-0.4, -0.2) is 18.0 Å². The SMILES string of the molecule is O=C(CC1CCCCC1)NCc1ccccc1NC(=O)C(F)(F)F. The first-order valence-electron chi connectivity index (χ1n) is 8.09. The number of hydrogen-bond acceptors (Lipinski definition) is 2. The fourth-order valence-corrected chi connectivity index (χ4v) is 2.91. The van der Waals surface area contributed by atoms with Crippen molar-refractivity contribution in [2.75, 3.05) is 5.32 Å². The summed E-state index contributed by atoms with van der Waals surface area (Å²) < 4.78 is 37.1. The molecular formula is C17H21F3N2O2. The number of hydrogen-bond donors (Lipinski definition) is 2. The predicted octanol–water partition coefficient (Wildman–Crippen LogP) is 3.77. The molecule has 0 aliphatic heterocycles. The lowest BCUT2D eigenvalue weighted by atomic mass is 9.87. The van der Waals surface area contributed by atoms with E-state index in [1.165, 1.54) is 18.6 Å². The monoisotopic (exact) mass is 342 g/mol. The van der Waals surface area contributed by atoms with E-state index in [2.05, 4.69) is 5.32 Å². The Hall–Kier alpha value is -2.05. The highest BCUT2D eigenvalue weighted by Crippen LogP contribution is 2.26. The fraction of sp³-hybridized carbons (Fsp3) is 0.529. The van der Waals surface area contributed by atoms with E-state index in [0.29, 0.717) is 17.9 Å². The third-order valence-electron chi connectivity index (χ3n) is 4.20. The van der Waals surface area contributed by atoms with Gasteiger partial charge in [-0.25, -0.2) is 0 Å². The molecule has 0 atom stereocenters. The van der Waals surface area contributed by atoms with Gasteiger partial charge in [-0.05, 0) is 30.4 Å². The molecule has 0 radical (unpaired) electrons. The van der Waals surface area contributed by atoms with Gasteiger partial charge in [-0.3, -0.25) is 9.59 Å². The van der Waals surface area contributed by atoms with Crippen LogP contribution in [0.1, 0.15) is 44.1 Å². The van der Waals surface area contributed by atoms with Crippen LogP contribution in [0.15, 0.2) is 24.3 Å². The maximum Gasteiger partial charge on any atom is 0.471 e. The number of halogens is 3. The van der Waals surface area contributed by atoms with Crippen LogP contribution in [0.4, 0.5) is 18.9 Å². The van der Waals surface area contributed by atoms with E-state index < -0.39 is 12.1 Å². The Kier molecular flexibility index (Phi) is 6.23. The highest BCUT2D eigenvalue weighted by Gasteiger charge is 2.38. The molecule has 0 heterocycles. The summed E-state index contributed by atoms with van der Waals surface area (Å²) in [4.78, 5) is 23.1. The molecule has 1 aromatic rings. The lowest BCUT2D eigenvalue weighted by Crippen LogP contribution is -2.31. The molecule has 1 aliphatic carbocycles. The standard InChI is InChI=1S/C17H21F3N2O2/c18-17(19,20)16(24)22-14-9-5-4-8-13(14)11-21-15(23)10-12-6-2-1-3-7-12/h4-5,8-9,12H,1-3,6-7,10-11H2,(H,21,23)(H,22,24). The smallest absolute Gasteiger partial charge is 0.352 e. The Morgan fingerprint density at radius 2 is 1.75 bits per heavy atom. The van der Waals surface area contributed by atoms with Crippen LogP contribution in [-0.2, 0) is 16.1 Å². The predicted molar refractivity (Wildman–Crippen MR) is 84.2 cm³/mol. The van der Waals surface area contributed by atoms with Crippen molar-refractivity contribution in [3.8, 4) is 0 Å². The summed E-state index contributed by atoms with van der Waals surface area (Å²) in [5, 5.41) is 4.57. The van der Waals surface area contributed by atoms with Gasteiger partial charge in [0, 0.05) is 18.7 Å². The second kappa shape index (κ2) is 8.17. The molecule has 0 bridgehead atoms. The molecule has 0 spiro atoms. The Morgan fingerprint density at radius 1 is 1.08 bits per heavy atom. The van der Waals surface area contributed by atoms with Crippen molar-refractivity contribution in [3.63, 3.8) is 0 Å². The number of anilines is 1. The van der Waals surface area contributed by atoms with Crippen molar-refractivity contribution < 1.29 is 22.8 Å². The highest BCUT2D eigenvalue weighted by molar-refractivity contribution is 5.95. The molecule has 0 saturated heterocycles. The number of para-hydroxylation sites is 1. The first-order valence-corrected chi connectivity index (χ1v) is 8.09. The van der Waals surface area contributed by atoms with Gasteiger partial charge in [0.25, 0.3) is 0 Å². The molecular weight excluding hydrogens is 321 g/mol. The first-order chi connectivity index (χ1) is 11.4. The van der Waals surface area contributed by atoms with Crippen LogP contribution >= 0.6 is 0 Å². The summed E-state index contributed by atoms with van der Waals surface area (Å²) in [5.74, 6) is -1.75. The third kappa shape index (κ3) is 5.54. The molecule has 132 valence electrons. The van der Waals surface area contributed by atoms with Gasteiger partial charge in [-0.15, -0.1) is 0 Å². The average Bonchev–Trinajstić information content (AvgIpc) is 2.54. The summed E-state index contributed by atoms with van der Waals surface area (Å²) in [6.07, 6.45) is 1.09. The number of nitrogens with one attached hydrogen (secondary N) is 2. The molecule has 2 amide bonds. The van der Waals surface area contributed by atoms with Gasteiger partial charge in [0.15, 0.2) is 0 Å². The fourth-order valence-electron chi connectivity index (χ4n) is 2.91. The number of benzene rings is 1. The van der Waals surface area contributed by atoms with Gasteiger partial charge in [-0.1, -0.05) is 37.5 Å². The van der Waals surface area contributed by atoms with Crippen molar-refractivity contribution in [2.24, 2.45) is 5.92 Å². The van der Waals surface area contributed by atoms with Crippen molar-refractivity contribution in [1.29, 1.82) is 0 Å². The summed E-state index contributed by atoms with van der Waals surface area (Å²) in [7, 11) is 0. The van der Waals surface area contributed by atoms with Crippen LogP contribution in [0, 0.1) is 5.92 Å². The van der Waals surface area contributed by atoms with Gasteiger partial charge >= 0.3 is 12.1 Å². The van der Waals surface area contributed by atoms with Crippen LogP contribution in [0.25, 0.3) is 0 Å². The minimum Gasteiger partial charge on any atom is -0.352 e. The summed E-state index contributed by atoms with van der Waals surface area (Å²) in [5.41, 5.74) is 0.491. The van der Waals surface area contributed by atoms with E-state index in [1.54, 1.807) is 12.1 Å². The van der Waals surface area contributed by atoms with E-state index in [9.17, 15) is 22.8 Å². The Labute approximate surface area is 138 Å². The quantitative estimate of drug-likeness (QED) is 0.856. The topological polar surface area (TPSA) is 58.2 Å². The molecule has 2 N–H and O–H groups in total. The molecule has 4 nitrogen and oxygen atoms in total. The normalized spacial score (nSPS) is 15.8. The van der Waals surface area contributed by atoms with Gasteiger partial charge in [-0.2, -0.15) is 13.2 Å². The zero-order valence-corrected chi connectivity index (χ0v) is 13.3. The summed E-state index contributed by atoms with van der Waals surface area (Å²) in [6, 6.07) is 6.13. The first kappa shape index (κ1) is 18.3. The van der Waals surface area contributed by atoms with E-state index in [-0.39, 0.29) is 18.1 Å². The van der Waals surface area contributed by atoms with E-state index in [1.807, 2.05) is 5.32 Å². The van der Waals surface area contributed by atoms with Crippen molar-refractivity contribution in [3.05, 3.63) is 29.8 Å². The maximum absolute atomic E-state index is 12.4. The second-order valence-corrected chi connectivity index (χ2v) is 6.09. The molecule has 1 aromatic carbocycles. The Morgan fingerprint density at radius 3 is 2.42 bits per heavy atom. The minimum atomic E-state index is -4.95. The zero-order valence-electron chi connectivity index (χ0n) is 13.3. The largest absolute Gasteiger partial charge is 0.471 e. The highest BCUT2D eigenvalue weighted by atomic mass is 19.4. The van der Waals surface area contributed by atoms with E-state index in [0.717, 1.165) is 25.7 Å². The molecule has 0 aromatic heterocycles. The summed E-state index contributed by atoms with van der Waals surface area (Å²) >= 11 is 0. The molecule has 0 unspecified atom stereocenters. The third-order valence-corrected chi connectivity index (χ3v) is 4.20. The van der Waals surface area contributed by atoms with E-state index in [4.69, 9.17) is 0 Å². The number of alkyl halides is 3. The number of rotatable bonds is 5. The van der Waals surface area contributed by atoms with Crippen LogP contribution in [0.3, 0.4) is 0 Å². The molecule has 7 heteroatoms. The zero-order chi connectivity index (χ0) is 17.6. The Bertz CT molecular complexity index is 581. The van der Waals surface area contributed by atoms with Gasteiger partial charge in [0.1, 0.15) is 0 Å². The molecule has 1 fully saturated rings. The van der Waals surface area contributed by atoms with Crippen molar-refractivity contribution in [2.45, 2.75) is 51.2 Å². The molecule has 1 aliphatic rings. The molecule has 1 saturated carbocycles. The van der Waals surface area contributed by atoms with Crippen molar-refractivity contribution >= 4 is 17.5 Å². The number of carbonyl (C=O) groups excluding carboxylic acids is 2. The van der Waals surface area contributed by atoms with Gasteiger partial charge in [0.2, 0.25) is 5.91 Å². The second-order valence-electron chi connectivity index (χ2n) is 6.09. The van der Waals surface area contributed by atoms with Crippen molar-refractivity contribution in [1.82, 2.24) is 5.32 Å². The van der Waals surface area contributed by atoms with E-state index >= 15 is 0 Å². The lowest BCUT2D eigenvalue weighted by molar-refractivity contribution is -0.167. The van der Waals surface area contributed by atoms with Crippen LogP contribution in [0.2, 0.25) is 0 Å². The molecule has 2 rings (SSSR count). The van der Waals surface area contributed by atoms with Crippen LogP contribution in [0.5, 0.6) is 0 Å². The molecule has 24 heavy (non-hydrogen) atoms. The lowest BCUT2D eigenvalue weighted by Gasteiger charge is -2.21.